The third-order valence-electron chi connectivity index (χ3n) is 4.49. The van der Waals surface area contributed by atoms with Crippen molar-refractivity contribution in [2.24, 2.45) is 0 Å². The van der Waals surface area contributed by atoms with Gasteiger partial charge in [0.05, 0.1) is 12.8 Å². The number of nitriles is 1. The van der Waals surface area contributed by atoms with E-state index in [1.165, 1.54) is 7.11 Å². The van der Waals surface area contributed by atoms with Gasteiger partial charge in [0.25, 0.3) is 0 Å². The molecule has 6 nitrogen and oxygen atoms in total. The number of pyridine rings is 1. The maximum Gasteiger partial charge on any atom is 0.233 e. The van der Waals surface area contributed by atoms with Crippen LogP contribution in [0.2, 0.25) is 0 Å². The third kappa shape index (κ3) is 2.59. The van der Waals surface area contributed by atoms with E-state index in [1.807, 2.05) is 11.0 Å². The van der Waals surface area contributed by atoms with Crippen molar-refractivity contribution in [3.05, 3.63) is 17.8 Å². The van der Waals surface area contributed by atoms with Crippen LogP contribution in [0.4, 0.5) is 5.69 Å². The van der Waals surface area contributed by atoms with E-state index in [1.54, 1.807) is 6.20 Å². The molecule has 0 N–H and O–H groups in total. The highest BCUT2D eigenvalue weighted by Crippen LogP contribution is 2.30. The van der Waals surface area contributed by atoms with E-state index in [0.29, 0.717) is 17.9 Å². The molecule has 0 unspecified atom stereocenters. The summed E-state index contributed by atoms with van der Waals surface area (Å²) in [5.74, 6) is 0.624. The van der Waals surface area contributed by atoms with Crippen molar-refractivity contribution < 1.29 is 9.53 Å². The Morgan fingerprint density at radius 1 is 1.41 bits per heavy atom. The quantitative estimate of drug-likeness (QED) is 0.847. The van der Waals surface area contributed by atoms with E-state index in [2.05, 4.69) is 16.0 Å². The maximum absolute atomic E-state index is 12.0. The van der Waals surface area contributed by atoms with Crippen molar-refractivity contribution in [2.45, 2.75) is 31.7 Å². The molecule has 0 aromatic carbocycles. The second-order valence-corrected chi connectivity index (χ2v) is 5.76. The smallest absolute Gasteiger partial charge is 0.233 e. The van der Waals surface area contributed by atoms with Gasteiger partial charge in [-0.05, 0) is 25.3 Å². The number of aromatic nitrogens is 1. The number of hydrogen-bond donors (Lipinski definition) is 0. The standard InChI is InChI=1S/C16H20N4O2/c1-22-16-13(10-17)14(6-7-18-16)19-8-2-4-12(11-19)20-9-3-5-15(20)21/h6-7,12H,2-5,8-9,11H2,1H3/t12-/m1/s1. The summed E-state index contributed by atoms with van der Waals surface area (Å²) < 4.78 is 5.19. The van der Waals surface area contributed by atoms with Crippen LogP contribution in [0.15, 0.2) is 12.3 Å². The Morgan fingerprint density at radius 3 is 2.95 bits per heavy atom. The minimum atomic E-state index is 0.245. The summed E-state index contributed by atoms with van der Waals surface area (Å²) in [4.78, 5) is 20.3. The lowest BCUT2D eigenvalue weighted by atomic mass is 10.0. The van der Waals surface area contributed by atoms with E-state index >= 15 is 0 Å². The van der Waals surface area contributed by atoms with Crippen LogP contribution in [0.5, 0.6) is 5.88 Å². The molecule has 0 bridgehead atoms. The van der Waals surface area contributed by atoms with E-state index in [9.17, 15) is 10.1 Å². The summed E-state index contributed by atoms with van der Waals surface area (Å²) in [7, 11) is 1.52. The predicted molar refractivity (Wildman–Crippen MR) is 81.7 cm³/mol. The molecule has 1 atom stereocenters. The van der Waals surface area contributed by atoms with Crippen LogP contribution in [0.3, 0.4) is 0 Å². The first-order valence-corrected chi connectivity index (χ1v) is 7.72. The number of carbonyl (C=O) groups excluding carboxylic acids is 1. The van der Waals surface area contributed by atoms with Crippen molar-refractivity contribution >= 4 is 11.6 Å². The molecule has 6 heteroatoms. The first-order chi connectivity index (χ1) is 10.7. The van der Waals surface area contributed by atoms with Gasteiger partial charge in [-0.25, -0.2) is 4.98 Å². The number of nitrogens with zero attached hydrogens (tertiary/aromatic N) is 4. The summed E-state index contributed by atoms with van der Waals surface area (Å²) in [5.41, 5.74) is 1.32. The molecule has 1 aromatic rings. The summed E-state index contributed by atoms with van der Waals surface area (Å²) in [6.45, 7) is 2.52. The highest BCUT2D eigenvalue weighted by Gasteiger charge is 2.32. The van der Waals surface area contributed by atoms with E-state index in [4.69, 9.17) is 4.74 Å². The SMILES string of the molecule is COc1nccc(N2CCC[C@@H](N3CCCC3=O)C2)c1C#N. The lowest BCUT2D eigenvalue weighted by Gasteiger charge is -2.39. The minimum absolute atomic E-state index is 0.245. The molecule has 0 spiro atoms. The topological polar surface area (TPSA) is 69.5 Å². The number of ether oxygens (including phenoxy) is 1. The van der Waals surface area contributed by atoms with Crippen LogP contribution in [0.25, 0.3) is 0 Å². The van der Waals surface area contributed by atoms with Gasteiger partial charge >= 0.3 is 0 Å². The molecule has 3 heterocycles. The lowest BCUT2D eigenvalue weighted by Crippen LogP contribution is -2.48. The number of amides is 1. The molecule has 0 radical (unpaired) electrons. The van der Waals surface area contributed by atoms with Gasteiger partial charge in [-0.1, -0.05) is 0 Å². The van der Waals surface area contributed by atoms with Crippen molar-refractivity contribution in [3.8, 4) is 11.9 Å². The molecule has 2 saturated heterocycles. The molecular formula is C16H20N4O2. The normalized spacial score (nSPS) is 21.8. The predicted octanol–water partition coefficient (Wildman–Crippen LogP) is 1.55. The Hall–Kier alpha value is -2.29. The molecule has 1 amide bonds. The summed E-state index contributed by atoms with van der Waals surface area (Å²) in [6, 6.07) is 4.30. The van der Waals surface area contributed by atoms with E-state index < -0.39 is 0 Å². The molecule has 0 saturated carbocycles. The second kappa shape index (κ2) is 6.22. The Balaban J connectivity index is 1.83. The van der Waals surface area contributed by atoms with Crippen molar-refractivity contribution in [2.75, 3.05) is 31.6 Å². The Bertz CT molecular complexity index is 611. The van der Waals surface area contributed by atoms with E-state index in [-0.39, 0.29) is 11.9 Å². The molecule has 0 aliphatic carbocycles. The Kier molecular flexibility index (Phi) is 4.14. The monoisotopic (exact) mass is 300 g/mol. The molecule has 2 fully saturated rings. The van der Waals surface area contributed by atoms with Gasteiger partial charge in [-0.2, -0.15) is 5.26 Å². The summed E-state index contributed by atoms with van der Waals surface area (Å²) in [5, 5.41) is 9.42. The molecule has 3 rings (SSSR count). The van der Waals surface area contributed by atoms with Crippen molar-refractivity contribution in [1.82, 2.24) is 9.88 Å². The van der Waals surface area contributed by atoms with Gasteiger partial charge in [0, 0.05) is 38.3 Å². The van der Waals surface area contributed by atoms with Crippen molar-refractivity contribution in [3.63, 3.8) is 0 Å². The minimum Gasteiger partial charge on any atom is -0.480 e. The number of likely N-dealkylation sites (tertiary alicyclic amines) is 1. The zero-order valence-corrected chi connectivity index (χ0v) is 12.8. The zero-order chi connectivity index (χ0) is 15.5. The van der Waals surface area contributed by atoms with Gasteiger partial charge in [0.2, 0.25) is 11.8 Å². The maximum atomic E-state index is 12.0. The fraction of sp³-hybridized carbons (Fsp3) is 0.562. The van der Waals surface area contributed by atoms with Crippen LogP contribution < -0.4 is 9.64 Å². The number of carbonyl (C=O) groups is 1. The summed E-state index contributed by atoms with van der Waals surface area (Å²) >= 11 is 0. The molecule has 22 heavy (non-hydrogen) atoms. The Morgan fingerprint density at radius 2 is 2.27 bits per heavy atom. The van der Waals surface area contributed by atoms with E-state index in [0.717, 1.165) is 44.6 Å². The molecule has 2 aliphatic heterocycles. The first kappa shape index (κ1) is 14.6. The second-order valence-electron chi connectivity index (χ2n) is 5.76. The summed E-state index contributed by atoms with van der Waals surface area (Å²) in [6.07, 6.45) is 5.35. The number of rotatable bonds is 3. The fourth-order valence-electron chi connectivity index (χ4n) is 3.44. The molecular weight excluding hydrogens is 280 g/mol. The van der Waals surface area contributed by atoms with Crippen LogP contribution in [-0.2, 0) is 4.79 Å². The first-order valence-electron chi connectivity index (χ1n) is 7.72. The van der Waals surface area contributed by atoms with Gasteiger partial charge in [0.1, 0.15) is 11.6 Å². The van der Waals surface area contributed by atoms with Gasteiger partial charge < -0.3 is 14.5 Å². The average molecular weight is 300 g/mol. The Labute approximate surface area is 130 Å². The highest BCUT2D eigenvalue weighted by molar-refractivity contribution is 5.78. The number of methoxy groups -OCH3 is 1. The van der Waals surface area contributed by atoms with Gasteiger partial charge in [0.15, 0.2) is 0 Å². The number of anilines is 1. The number of piperidine rings is 1. The third-order valence-corrected chi connectivity index (χ3v) is 4.49. The highest BCUT2D eigenvalue weighted by atomic mass is 16.5. The lowest BCUT2D eigenvalue weighted by molar-refractivity contribution is -0.129. The van der Waals surface area contributed by atoms with Crippen LogP contribution in [-0.4, -0.2) is 48.6 Å². The van der Waals surface area contributed by atoms with Crippen LogP contribution >= 0.6 is 0 Å². The fourth-order valence-corrected chi connectivity index (χ4v) is 3.44. The van der Waals surface area contributed by atoms with Crippen molar-refractivity contribution in [1.29, 1.82) is 5.26 Å². The molecule has 2 aliphatic rings. The van der Waals surface area contributed by atoms with Gasteiger partial charge in [-0.15, -0.1) is 0 Å². The largest absolute Gasteiger partial charge is 0.480 e. The number of hydrogen-bond acceptors (Lipinski definition) is 5. The average Bonchev–Trinajstić information content (AvgIpc) is 3.00. The van der Waals surface area contributed by atoms with Gasteiger partial charge in [-0.3, -0.25) is 4.79 Å². The van der Waals surface area contributed by atoms with Crippen LogP contribution in [0, 0.1) is 11.3 Å². The van der Waals surface area contributed by atoms with Crippen LogP contribution in [0.1, 0.15) is 31.2 Å². The molecule has 1 aromatic heterocycles. The molecule has 116 valence electrons. The zero-order valence-electron chi connectivity index (χ0n) is 12.8.